The van der Waals surface area contributed by atoms with Gasteiger partial charge < -0.3 is 25.2 Å². The van der Waals surface area contributed by atoms with Gasteiger partial charge in [0.15, 0.2) is 0 Å². The summed E-state index contributed by atoms with van der Waals surface area (Å²) in [5.74, 6) is -4.51. The van der Waals surface area contributed by atoms with Gasteiger partial charge in [0.2, 0.25) is 5.88 Å². The molecule has 0 saturated carbocycles. The number of methoxy groups -OCH3 is 1. The molecular formula is C30H33F2N5O5. The van der Waals surface area contributed by atoms with E-state index in [1.807, 2.05) is 13.0 Å². The number of aliphatic hydroxyl groups is 1. The number of nitrogens with zero attached hydrogens (tertiary/aromatic N) is 3. The van der Waals surface area contributed by atoms with Crippen molar-refractivity contribution in [2.75, 3.05) is 13.7 Å². The molecule has 42 heavy (non-hydrogen) atoms. The van der Waals surface area contributed by atoms with Crippen molar-refractivity contribution < 1.29 is 33.0 Å². The third-order valence-corrected chi connectivity index (χ3v) is 6.63. The molecule has 0 bridgehead atoms. The van der Waals surface area contributed by atoms with E-state index in [1.54, 1.807) is 66.3 Å². The Bertz CT molecular complexity index is 1540. The Balaban J connectivity index is 1.59. The number of halogens is 2. The van der Waals surface area contributed by atoms with Gasteiger partial charge in [-0.05, 0) is 55.8 Å². The minimum atomic E-state index is -3.56. The topological polar surface area (TPSA) is 128 Å². The van der Waals surface area contributed by atoms with Gasteiger partial charge in [-0.25, -0.2) is 9.67 Å². The molecule has 2 amide bonds. The number of benzene rings is 2. The molecule has 4 rings (SSSR count). The van der Waals surface area contributed by atoms with Crippen LogP contribution in [0.3, 0.4) is 0 Å². The van der Waals surface area contributed by atoms with Crippen molar-refractivity contribution in [3.63, 3.8) is 0 Å². The Morgan fingerprint density at radius 3 is 2.57 bits per heavy atom. The third-order valence-electron chi connectivity index (χ3n) is 6.63. The van der Waals surface area contributed by atoms with Gasteiger partial charge in [-0.3, -0.25) is 9.59 Å². The number of carbonyl (C=O) groups is 2. The fourth-order valence-corrected chi connectivity index (χ4v) is 4.22. The zero-order valence-electron chi connectivity index (χ0n) is 23.7. The minimum Gasteiger partial charge on any atom is -0.484 e. The van der Waals surface area contributed by atoms with E-state index in [0.29, 0.717) is 41.8 Å². The zero-order valence-corrected chi connectivity index (χ0v) is 23.7. The summed E-state index contributed by atoms with van der Waals surface area (Å²) in [6, 6.07) is 14.6. The summed E-state index contributed by atoms with van der Waals surface area (Å²) >= 11 is 0. The van der Waals surface area contributed by atoms with Crippen molar-refractivity contribution in [2.24, 2.45) is 0 Å². The molecule has 3 atom stereocenters. The van der Waals surface area contributed by atoms with E-state index in [9.17, 15) is 23.5 Å². The van der Waals surface area contributed by atoms with Crippen LogP contribution < -0.4 is 20.1 Å². The van der Waals surface area contributed by atoms with Gasteiger partial charge in [0.05, 0.1) is 36.7 Å². The predicted molar refractivity (Wildman–Crippen MR) is 152 cm³/mol. The summed E-state index contributed by atoms with van der Waals surface area (Å²) in [6.07, 6.45) is 2.20. The lowest BCUT2D eigenvalue weighted by molar-refractivity contribution is -0.144. The number of carbonyl (C=O) groups excluding carboxylic acids is 2. The van der Waals surface area contributed by atoms with Crippen molar-refractivity contribution in [1.82, 2.24) is 25.4 Å². The highest BCUT2D eigenvalue weighted by molar-refractivity contribution is 5.95. The molecule has 222 valence electrons. The van der Waals surface area contributed by atoms with E-state index in [4.69, 9.17) is 9.47 Å². The van der Waals surface area contributed by atoms with Crippen LogP contribution in [0.1, 0.15) is 49.2 Å². The maximum absolute atomic E-state index is 13.6. The van der Waals surface area contributed by atoms with E-state index >= 15 is 0 Å². The summed E-state index contributed by atoms with van der Waals surface area (Å²) in [6.45, 7) is 4.09. The van der Waals surface area contributed by atoms with Gasteiger partial charge in [0.1, 0.15) is 11.9 Å². The van der Waals surface area contributed by atoms with E-state index in [-0.39, 0.29) is 12.5 Å². The van der Waals surface area contributed by atoms with Crippen LogP contribution in [0.2, 0.25) is 0 Å². The number of amides is 2. The molecule has 1 unspecified atom stereocenters. The lowest BCUT2D eigenvalue weighted by Gasteiger charge is -2.27. The molecular weight excluding hydrogens is 548 g/mol. The Labute approximate surface area is 241 Å². The van der Waals surface area contributed by atoms with Crippen LogP contribution in [0.25, 0.3) is 16.6 Å². The van der Waals surface area contributed by atoms with Gasteiger partial charge >= 0.3 is 5.92 Å². The SMILES string of the molecule is CCC(O)CNC(=O)c1cccc(-n2ncc3cc(O[C@H](c4ccc(OC)nc4)[C@H](C)NC(=O)C(C)(F)F)ccc32)c1. The van der Waals surface area contributed by atoms with Crippen LogP contribution in [0, 0.1) is 0 Å². The molecule has 0 aliphatic heterocycles. The molecule has 3 N–H and O–H groups in total. The fourth-order valence-electron chi connectivity index (χ4n) is 4.22. The highest BCUT2D eigenvalue weighted by atomic mass is 19.3. The normalized spacial score (nSPS) is 13.7. The quantitative estimate of drug-likeness (QED) is 0.229. The van der Waals surface area contributed by atoms with Gasteiger partial charge in [-0.2, -0.15) is 13.9 Å². The average molecular weight is 582 g/mol. The largest absolute Gasteiger partial charge is 0.484 e. The number of aromatic nitrogens is 3. The second kappa shape index (κ2) is 12.9. The number of fused-ring (bicyclic) bond motifs is 1. The summed E-state index contributed by atoms with van der Waals surface area (Å²) in [5, 5.41) is 20.0. The molecule has 0 aliphatic rings. The third kappa shape index (κ3) is 7.19. The van der Waals surface area contributed by atoms with Crippen LogP contribution in [-0.4, -0.2) is 63.4 Å². The number of hydrogen-bond acceptors (Lipinski definition) is 7. The summed E-state index contributed by atoms with van der Waals surface area (Å²) in [5.41, 5.74) is 2.35. The van der Waals surface area contributed by atoms with Crippen LogP contribution in [0.15, 0.2) is 67.0 Å². The Morgan fingerprint density at radius 1 is 1.12 bits per heavy atom. The number of pyridine rings is 1. The first-order chi connectivity index (χ1) is 20.0. The lowest BCUT2D eigenvalue weighted by atomic mass is 10.0. The number of alkyl halides is 2. The maximum atomic E-state index is 13.6. The smallest absolute Gasteiger partial charge is 0.321 e. The molecule has 2 heterocycles. The number of hydrogen-bond donors (Lipinski definition) is 3. The van der Waals surface area contributed by atoms with Crippen LogP contribution >= 0.6 is 0 Å². The molecule has 0 fully saturated rings. The Kier molecular flexibility index (Phi) is 9.36. The van der Waals surface area contributed by atoms with E-state index in [0.717, 1.165) is 10.9 Å². The first kappa shape index (κ1) is 30.4. The predicted octanol–water partition coefficient (Wildman–Crippen LogP) is 4.21. The van der Waals surface area contributed by atoms with Crippen molar-refractivity contribution in [1.29, 1.82) is 0 Å². The minimum absolute atomic E-state index is 0.157. The lowest BCUT2D eigenvalue weighted by Crippen LogP contribution is -2.46. The Hall–Kier alpha value is -4.58. The fraction of sp³-hybridized carbons (Fsp3) is 0.333. The molecule has 0 saturated heterocycles. The number of ether oxygens (including phenoxy) is 2. The van der Waals surface area contributed by atoms with Gasteiger partial charge in [-0.15, -0.1) is 0 Å². The van der Waals surface area contributed by atoms with Crippen molar-refractivity contribution >= 4 is 22.7 Å². The molecule has 10 nitrogen and oxygen atoms in total. The van der Waals surface area contributed by atoms with E-state index in [2.05, 4.69) is 20.7 Å². The van der Waals surface area contributed by atoms with Crippen molar-refractivity contribution in [2.45, 2.75) is 51.4 Å². The molecule has 2 aromatic heterocycles. The number of rotatable bonds is 12. The summed E-state index contributed by atoms with van der Waals surface area (Å²) < 4.78 is 40.2. The molecule has 0 aliphatic carbocycles. The van der Waals surface area contributed by atoms with Crippen LogP contribution in [-0.2, 0) is 4.79 Å². The number of aliphatic hydroxyl groups excluding tert-OH is 1. The first-order valence-corrected chi connectivity index (χ1v) is 13.4. The highest BCUT2D eigenvalue weighted by Gasteiger charge is 2.35. The van der Waals surface area contributed by atoms with Crippen molar-refractivity contribution in [3.8, 4) is 17.3 Å². The van der Waals surface area contributed by atoms with Gasteiger partial charge in [0.25, 0.3) is 11.8 Å². The number of nitrogens with one attached hydrogen (secondary N) is 2. The molecule has 0 spiro atoms. The second-order valence-corrected chi connectivity index (χ2v) is 9.92. The summed E-state index contributed by atoms with van der Waals surface area (Å²) in [7, 11) is 1.47. The second-order valence-electron chi connectivity index (χ2n) is 9.92. The van der Waals surface area contributed by atoms with Crippen molar-refractivity contribution in [3.05, 3.63) is 78.1 Å². The molecule has 0 radical (unpaired) electrons. The molecule has 4 aromatic rings. The van der Waals surface area contributed by atoms with E-state index < -0.39 is 30.1 Å². The first-order valence-electron chi connectivity index (χ1n) is 13.4. The van der Waals surface area contributed by atoms with Gasteiger partial charge in [-0.1, -0.05) is 13.0 Å². The zero-order chi connectivity index (χ0) is 30.4. The van der Waals surface area contributed by atoms with Crippen LogP contribution in [0.4, 0.5) is 8.78 Å². The van der Waals surface area contributed by atoms with E-state index in [1.165, 1.54) is 13.3 Å². The molecule has 2 aromatic carbocycles. The highest BCUT2D eigenvalue weighted by Crippen LogP contribution is 2.30. The molecule has 12 heteroatoms. The maximum Gasteiger partial charge on any atom is 0.321 e. The monoisotopic (exact) mass is 581 g/mol. The summed E-state index contributed by atoms with van der Waals surface area (Å²) in [4.78, 5) is 28.8. The van der Waals surface area contributed by atoms with Crippen LogP contribution in [0.5, 0.6) is 11.6 Å². The standard InChI is InChI=1S/C30H33F2N5O5/c1-5-23(38)17-34-28(39)19-7-6-8-22(13-19)37-25-11-10-24(14-21(25)16-35-37)42-27(18(2)36-29(40)30(3,31)32)20-9-12-26(41-4)33-15-20/h6-16,18,23,27,38H,5,17H2,1-4H3,(H,34,39)(H,36,40)/t18-,23?,27-/m0/s1. The Morgan fingerprint density at radius 2 is 1.90 bits per heavy atom. The average Bonchev–Trinajstić information content (AvgIpc) is 3.41. The van der Waals surface area contributed by atoms with Gasteiger partial charge in [0, 0.05) is 42.2 Å².